The lowest BCUT2D eigenvalue weighted by Crippen LogP contribution is -2.15. The van der Waals surface area contributed by atoms with Gasteiger partial charge in [-0.25, -0.2) is 0 Å². The normalized spacial score (nSPS) is 15.1. The standard InChI is InChI=1S/C15H20O3/c16-12-14-4-6-15(7-5-14)18-11-10-17-9-8-13-2-1-3-13/h4-7,12-13H,1-3,8-11H2. The molecular weight excluding hydrogens is 228 g/mol. The summed E-state index contributed by atoms with van der Waals surface area (Å²) in [6, 6.07) is 7.11. The van der Waals surface area contributed by atoms with Gasteiger partial charge in [0.1, 0.15) is 18.6 Å². The van der Waals surface area contributed by atoms with Crippen molar-refractivity contribution in [2.75, 3.05) is 19.8 Å². The third kappa shape index (κ3) is 4.15. The first kappa shape index (κ1) is 13.1. The number of rotatable bonds is 8. The van der Waals surface area contributed by atoms with Gasteiger partial charge in [-0.05, 0) is 36.6 Å². The molecule has 2 rings (SSSR count). The molecule has 3 heteroatoms. The first-order chi connectivity index (χ1) is 8.88. The summed E-state index contributed by atoms with van der Waals surface area (Å²) in [4.78, 5) is 10.5. The van der Waals surface area contributed by atoms with Crippen molar-refractivity contribution in [3.05, 3.63) is 29.8 Å². The SMILES string of the molecule is O=Cc1ccc(OCCOCCC2CCC2)cc1. The van der Waals surface area contributed by atoms with Gasteiger partial charge in [-0.1, -0.05) is 19.3 Å². The molecule has 1 aliphatic carbocycles. The molecule has 1 aromatic carbocycles. The molecule has 18 heavy (non-hydrogen) atoms. The largest absolute Gasteiger partial charge is 0.491 e. The Morgan fingerprint density at radius 2 is 1.89 bits per heavy atom. The fourth-order valence-corrected chi connectivity index (χ4v) is 1.99. The summed E-state index contributed by atoms with van der Waals surface area (Å²) in [6.07, 6.45) is 6.16. The Hall–Kier alpha value is -1.35. The summed E-state index contributed by atoms with van der Waals surface area (Å²) in [7, 11) is 0. The van der Waals surface area contributed by atoms with Crippen LogP contribution in [0.15, 0.2) is 24.3 Å². The highest BCUT2D eigenvalue weighted by Gasteiger charge is 2.16. The highest BCUT2D eigenvalue weighted by atomic mass is 16.5. The summed E-state index contributed by atoms with van der Waals surface area (Å²) >= 11 is 0. The monoisotopic (exact) mass is 248 g/mol. The number of benzene rings is 1. The van der Waals surface area contributed by atoms with Crippen LogP contribution >= 0.6 is 0 Å². The minimum atomic E-state index is 0.561. The molecule has 0 radical (unpaired) electrons. The first-order valence-corrected chi connectivity index (χ1v) is 6.64. The van der Waals surface area contributed by atoms with Crippen LogP contribution in [-0.2, 0) is 4.74 Å². The summed E-state index contributed by atoms with van der Waals surface area (Å²) in [6.45, 7) is 2.03. The number of ether oxygens (including phenoxy) is 2. The molecule has 98 valence electrons. The summed E-state index contributed by atoms with van der Waals surface area (Å²) in [5.74, 6) is 1.69. The van der Waals surface area contributed by atoms with E-state index in [1.165, 1.54) is 25.7 Å². The van der Waals surface area contributed by atoms with Crippen molar-refractivity contribution in [3.8, 4) is 5.75 Å². The Bertz CT molecular complexity index is 355. The fraction of sp³-hybridized carbons (Fsp3) is 0.533. The molecular formula is C15H20O3. The zero-order chi connectivity index (χ0) is 12.6. The Kier molecular flexibility index (Phi) is 5.21. The average molecular weight is 248 g/mol. The fourth-order valence-electron chi connectivity index (χ4n) is 1.99. The van der Waals surface area contributed by atoms with E-state index in [0.29, 0.717) is 18.8 Å². The van der Waals surface area contributed by atoms with Crippen molar-refractivity contribution in [2.24, 2.45) is 5.92 Å². The minimum absolute atomic E-state index is 0.561. The zero-order valence-corrected chi connectivity index (χ0v) is 10.6. The predicted molar refractivity (Wildman–Crippen MR) is 70.1 cm³/mol. The summed E-state index contributed by atoms with van der Waals surface area (Å²) in [5.41, 5.74) is 0.666. The maximum atomic E-state index is 10.5. The number of hydrogen-bond donors (Lipinski definition) is 0. The van der Waals surface area contributed by atoms with Crippen LogP contribution in [0.3, 0.4) is 0 Å². The summed E-state index contributed by atoms with van der Waals surface area (Å²) in [5, 5.41) is 0. The molecule has 1 fully saturated rings. The third-order valence-electron chi connectivity index (χ3n) is 3.41. The van der Waals surface area contributed by atoms with E-state index in [1.807, 2.05) is 0 Å². The first-order valence-electron chi connectivity index (χ1n) is 6.64. The molecule has 0 amide bonds. The molecule has 1 aromatic rings. The van der Waals surface area contributed by atoms with Crippen molar-refractivity contribution in [1.29, 1.82) is 0 Å². The van der Waals surface area contributed by atoms with Crippen LogP contribution in [-0.4, -0.2) is 26.1 Å². The van der Waals surface area contributed by atoms with E-state index in [4.69, 9.17) is 9.47 Å². The Balaban J connectivity index is 1.52. The lowest BCUT2D eigenvalue weighted by molar-refractivity contribution is 0.0812. The highest BCUT2D eigenvalue weighted by molar-refractivity contribution is 5.74. The molecule has 0 aromatic heterocycles. The molecule has 0 saturated heterocycles. The highest BCUT2D eigenvalue weighted by Crippen LogP contribution is 2.29. The van der Waals surface area contributed by atoms with Crippen LogP contribution in [0.1, 0.15) is 36.0 Å². The van der Waals surface area contributed by atoms with Crippen molar-refractivity contribution < 1.29 is 14.3 Å². The van der Waals surface area contributed by atoms with Gasteiger partial charge in [0, 0.05) is 12.2 Å². The number of hydrogen-bond acceptors (Lipinski definition) is 3. The zero-order valence-electron chi connectivity index (χ0n) is 10.6. The van der Waals surface area contributed by atoms with Gasteiger partial charge < -0.3 is 9.47 Å². The van der Waals surface area contributed by atoms with Crippen LogP contribution in [0.2, 0.25) is 0 Å². The van der Waals surface area contributed by atoms with Gasteiger partial charge in [-0.3, -0.25) is 4.79 Å². The quantitative estimate of drug-likeness (QED) is 0.524. The minimum Gasteiger partial charge on any atom is -0.491 e. The van der Waals surface area contributed by atoms with Gasteiger partial charge >= 0.3 is 0 Å². The van der Waals surface area contributed by atoms with Gasteiger partial charge in [0.25, 0.3) is 0 Å². The Morgan fingerprint density at radius 3 is 2.50 bits per heavy atom. The lowest BCUT2D eigenvalue weighted by Gasteiger charge is -2.24. The smallest absolute Gasteiger partial charge is 0.150 e. The van der Waals surface area contributed by atoms with Crippen LogP contribution < -0.4 is 4.74 Å². The van der Waals surface area contributed by atoms with Gasteiger partial charge in [0.15, 0.2) is 0 Å². The van der Waals surface area contributed by atoms with Crippen LogP contribution in [0, 0.1) is 5.92 Å². The third-order valence-corrected chi connectivity index (χ3v) is 3.41. The second-order valence-electron chi connectivity index (χ2n) is 4.73. The number of aldehydes is 1. The molecule has 0 N–H and O–H groups in total. The number of carbonyl (C=O) groups is 1. The summed E-state index contributed by atoms with van der Waals surface area (Å²) < 4.78 is 11.0. The maximum Gasteiger partial charge on any atom is 0.150 e. The van der Waals surface area contributed by atoms with Crippen molar-refractivity contribution in [2.45, 2.75) is 25.7 Å². The average Bonchev–Trinajstić information content (AvgIpc) is 2.36. The van der Waals surface area contributed by atoms with Crippen molar-refractivity contribution in [3.63, 3.8) is 0 Å². The van der Waals surface area contributed by atoms with E-state index >= 15 is 0 Å². The van der Waals surface area contributed by atoms with E-state index < -0.39 is 0 Å². The van der Waals surface area contributed by atoms with Crippen molar-refractivity contribution >= 4 is 6.29 Å². The van der Waals surface area contributed by atoms with Crippen molar-refractivity contribution in [1.82, 2.24) is 0 Å². The molecule has 0 unspecified atom stereocenters. The lowest BCUT2D eigenvalue weighted by atomic mass is 9.83. The van der Waals surface area contributed by atoms with Crippen LogP contribution in [0.25, 0.3) is 0 Å². The van der Waals surface area contributed by atoms with Gasteiger partial charge in [-0.15, -0.1) is 0 Å². The molecule has 0 spiro atoms. The van der Waals surface area contributed by atoms with Gasteiger partial charge in [-0.2, -0.15) is 0 Å². The Morgan fingerprint density at radius 1 is 1.11 bits per heavy atom. The second kappa shape index (κ2) is 7.17. The molecule has 0 atom stereocenters. The van der Waals surface area contributed by atoms with Crippen LogP contribution in [0.5, 0.6) is 5.75 Å². The van der Waals surface area contributed by atoms with E-state index in [1.54, 1.807) is 24.3 Å². The molecule has 0 heterocycles. The molecule has 3 nitrogen and oxygen atoms in total. The van der Waals surface area contributed by atoms with E-state index in [-0.39, 0.29) is 0 Å². The van der Waals surface area contributed by atoms with E-state index in [2.05, 4.69) is 0 Å². The van der Waals surface area contributed by atoms with Crippen LogP contribution in [0.4, 0.5) is 0 Å². The van der Waals surface area contributed by atoms with E-state index in [9.17, 15) is 4.79 Å². The maximum absolute atomic E-state index is 10.5. The Labute approximate surface area is 108 Å². The molecule has 1 saturated carbocycles. The van der Waals surface area contributed by atoms with Gasteiger partial charge in [0.05, 0.1) is 6.61 Å². The van der Waals surface area contributed by atoms with E-state index in [0.717, 1.165) is 24.6 Å². The molecule has 1 aliphatic rings. The second-order valence-corrected chi connectivity index (χ2v) is 4.73. The topological polar surface area (TPSA) is 35.5 Å². The molecule has 0 bridgehead atoms. The number of carbonyl (C=O) groups excluding carboxylic acids is 1. The molecule has 0 aliphatic heterocycles. The van der Waals surface area contributed by atoms with Gasteiger partial charge in [0.2, 0.25) is 0 Å². The predicted octanol–water partition coefficient (Wildman–Crippen LogP) is 3.08.